The number of hydrogen-bond acceptors (Lipinski definition) is 3. The second kappa shape index (κ2) is 9.92. The van der Waals surface area contributed by atoms with Crippen LogP contribution in [0.1, 0.15) is 41.3 Å². The monoisotopic (exact) mass is 454 g/mol. The van der Waals surface area contributed by atoms with Crippen molar-refractivity contribution in [3.63, 3.8) is 0 Å². The van der Waals surface area contributed by atoms with Crippen LogP contribution in [0.4, 0.5) is 8.78 Å². The summed E-state index contributed by atoms with van der Waals surface area (Å²) in [6.45, 7) is 7.20. The summed E-state index contributed by atoms with van der Waals surface area (Å²) in [6.07, 6.45) is 0. The Morgan fingerprint density at radius 2 is 1.69 bits per heavy atom. The zero-order chi connectivity index (χ0) is 22.7. The summed E-state index contributed by atoms with van der Waals surface area (Å²) < 4.78 is 26.9. The van der Waals surface area contributed by atoms with E-state index in [1.165, 1.54) is 29.8 Å². The average molecular weight is 455 g/mol. The first-order valence-corrected chi connectivity index (χ1v) is 11.9. The van der Waals surface area contributed by atoms with Crippen molar-refractivity contribution in [3.8, 4) is 0 Å². The van der Waals surface area contributed by atoms with Crippen molar-refractivity contribution < 1.29 is 13.6 Å². The molecule has 0 radical (unpaired) electrons. The largest absolute Gasteiger partial charge is 0.336 e. The van der Waals surface area contributed by atoms with E-state index in [0.717, 1.165) is 25.2 Å². The Kier molecular flexibility index (Phi) is 7.01. The van der Waals surface area contributed by atoms with Gasteiger partial charge in [-0.1, -0.05) is 12.1 Å². The minimum absolute atomic E-state index is 0.00680. The molecule has 0 N–H and O–H groups in total. The van der Waals surface area contributed by atoms with Crippen molar-refractivity contribution in [3.05, 3.63) is 93.7 Å². The van der Waals surface area contributed by atoms with E-state index < -0.39 is 0 Å². The maximum Gasteiger partial charge on any atom is 0.254 e. The van der Waals surface area contributed by atoms with Crippen LogP contribution in [0.2, 0.25) is 0 Å². The van der Waals surface area contributed by atoms with Gasteiger partial charge in [-0.25, -0.2) is 8.78 Å². The standard InChI is InChI=1S/C26H28F2N2OS/c1-18(2)30(26(31)21-5-9-24(28)10-6-21)15-22-14-29(13-19-11-12-32-17-19)16-25(22)20-3-7-23(27)8-4-20/h3-12,17-18,22,25H,13-16H2,1-2H3/t22-,25+/m0/s1. The molecule has 1 fully saturated rings. The van der Waals surface area contributed by atoms with Gasteiger partial charge in [-0.05, 0) is 84.1 Å². The van der Waals surface area contributed by atoms with Gasteiger partial charge in [-0.3, -0.25) is 9.69 Å². The summed E-state index contributed by atoms with van der Waals surface area (Å²) in [4.78, 5) is 17.5. The third-order valence-corrected chi connectivity index (χ3v) is 6.94. The molecule has 1 aliphatic heterocycles. The van der Waals surface area contributed by atoms with E-state index in [4.69, 9.17) is 0 Å². The second-order valence-electron chi connectivity index (χ2n) is 8.80. The summed E-state index contributed by atoms with van der Waals surface area (Å²) in [5.74, 6) is -0.265. The van der Waals surface area contributed by atoms with Crippen molar-refractivity contribution in [1.29, 1.82) is 0 Å². The van der Waals surface area contributed by atoms with Gasteiger partial charge < -0.3 is 4.90 Å². The van der Waals surface area contributed by atoms with E-state index in [0.29, 0.717) is 12.1 Å². The van der Waals surface area contributed by atoms with Gasteiger partial charge in [-0.2, -0.15) is 11.3 Å². The quantitative estimate of drug-likeness (QED) is 0.451. The van der Waals surface area contributed by atoms with Gasteiger partial charge in [0.25, 0.3) is 5.91 Å². The lowest BCUT2D eigenvalue weighted by Gasteiger charge is -2.32. The number of halogens is 2. The summed E-state index contributed by atoms with van der Waals surface area (Å²) >= 11 is 1.69. The lowest BCUT2D eigenvalue weighted by molar-refractivity contribution is 0.0668. The first-order valence-electron chi connectivity index (χ1n) is 11.0. The van der Waals surface area contributed by atoms with Crippen LogP contribution in [0.25, 0.3) is 0 Å². The number of benzene rings is 2. The maximum absolute atomic E-state index is 13.5. The number of likely N-dealkylation sites (tertiary alicyclic amines) is 1. The molecular weight excluding hydrogens is 426 g/mol. The number of carbonyl (C=O) groups excluding carboxylic acids is 1. The topological polar surface area (TPSA) is 23.6 Å². The Morgan fingerprint density at radius 1 is 1.03 bits per heavy atom. The number of thiophene rings is 1. The summed E-state index contributed by atoms with van der Waals surface area (Å²) in [5, 5.41) is 4.25. The molecule has 2 aromatic carbocycles. The van der Waals surface area contributed by atoms with Crippen LogP contribution < -0.4 is 0 Å². The highest BCUT2D eigenvalue weighted by molar-refractivity contribution is 7.07. The number of nitrogens with zero attached hydrogens (tertiary/aromatic N) is 2. The molecule has 0 aliphatic carbocycles. The summed E-state index contributed by atoms with van der Waals surface area (Å²) in [7, 11) is 0. The van der Waals surface area contributed by atoms with E-state index >= 15 is 0 Å². The molecule has 3 nitrogen and oxygen atoms in total. The first-order chi connectivity index (χ1) is 15.4. The molecular formula is C26H28F2N2OS. The average Bonchev–Trinajstić information content (AvgIpc) is 3.42. The molecule has 2 atom stereocenters. The molecule has 0 unspecified atom stereocenters. The van der Waals surface area contributed by atoms with E-state index in [1.54, 1.807) is 23.5 Å². The maximum atomic E-state index is 13.5. The smallest absolute Gasteiger partial charge is 0.254 e. The fourth-order valence-electron chi connectivity index (χ4n) is 4.54. The highest BCUT2D eigenvalue weighted by Gasteiger charge is 2.36. The Hall–Kier alpha value is -2.57. The van der Waals surface area contributed by atoms with Gasteiger partial charge in [-0.15, -0.1) is 0 Å². The number of hydrogen-bond donors (Lipinski definition) is 0. The van der Waals surface area contributed by atoms with E-state index in [-0.39, 0.29) is 35.4 Å². The molecule has 3 aromatic rings. The SMILES string of the molecule is CC(C)N(C[C@@H]1CN(Cc2ccsc2)C[C@@H]1c1ccc(F)cc1)C(=O)c1ccc(F)cc1. The second-order valence-corrected chi connectivity index (χ2v) is 9.58. The highest BCUT2D eigenvalue weighted by atomic mass is 32.1. The lowest BCUT2D eigenvalue weighted by Crippen LogP contribution is -2.42. The molecule has 1 aliphatic rings. The van der Waals surface area contributed by atoms with Gasteiger partial charge >= 0.3 is 0 Å². The fourth-order valence-corrected chi connectivity index (χ4v) is 5.20. The van der Waals surface area contributed by atoms with Crippen molar-refractivity contribution in [2.45, 2.75) is 32.4 Å². The zero-order valence-electron chi connectivity index (χ0n) is 18.4. The third-order valence-electron chi connectivity index (χ3n) is 6.21. The van der Waals surface area contributed by atoms with Gasteiger partial charge in [0, 0.05) is 43.7 Å². The van der Waals surface area contributed by atoms with Gasteiger partial charge in [0.1, 0.15) is 11.6 Å². The molecule has 168 valence electrons. The molecule has 4 rings (SSSR count). The van der Waals surface area contributed by atoms with E-state index in [1.807, 2.05) is 30.9 Å². The van der Waals surface area contributed by atoms with Crippen molar-refractivity contribution in [2.24, 2.45) is 5.92 Å². The molecule has 6 heteroatoms. The summed E-state index contributed by atoms with van der Waals surface area (Å²) in [5.41, 5.74) is 2.88. The third kappa shape index (κ3) is 5.25. The van der Waals surface area contributed by atoms with Crippen LogP contribution in [0.3, 0.4) is 0 Å². The minimum Gasteiger partial charge on any atom is -0.336 e. The predicted octanol–water partition coefficient (Wildman–Crippen LogP) is 5.79. The molecule has 0 bridgehead atoms. The Labute approximate surface area is 192 Å². The van der Waals surface area contributed by atoms with E-state index in [9.17, 15) is 13.6 Å². The lowest BCUT2D eigenvalue weighted by atomic mass is 9.88. The molecule has 2 heterocycles. The molecule has 1 aromatic heterocycles. The molecule has 32 heavy (non-hydrogen) atoms. The molecule has 0 saturated carbocycles. The van der Waals surface area contributed by atoms with Crippen molar-refractivity contribution >= 4 is 17.2 Å². The molecule has 1 amide bonds. The Bertz CT molecular complexity index is 1020. The van der Waals surface area contributed by atoms with Crippen molar-refractivity contribution in [1.82, 2.24) is 9.80 Å². The summed E-state index contributed by atoms with van der Waals surface area (Å²) in [6, 6.07) is 14.6. The van der Waals surface area contributed by atoms with Gasteiger partial charge in [0.2, 0.25) is 0 Å². The Morgan fingerprint density at radius 3 is 2.28 bits per heavy atom. The number of carbonyl (C=O) groups is 1. The number of rotatable bonds is 7. The fraction of sp³-hybridized carbons (Fsp3) is 0.346. The zero-order valence-corrected chi connectivity index (χ0v) is 19.2. The van der Waals surface area contributed by atoms with Gasteiger partial charge in [0.05, 0.1) is 0 Å². The minimum atomic E-state index is -0.353. The van der Waals surface area contributed by atoms with Crippen LogP contribution in [0, 0.1) is 17.6 Å². The van der Waals surface area contributed by atoms with Crippen LogP contribution >= 0.6 is 11.3 Å². The normalized spacial score (nSPS) is 18.9. The Balaban J connectivity index is 1.56. The van der Waals surface area contributed by atoms with E-state index in [2.05, 4.69) is 21.7 Å². The molecule has 0 spiro atoms. The van der Waals surface area contributed by atoms with Gasteiger partial charge in [0.15, 0.2) is 0 Å². The molecule has 1 saturated heterocycles. The van der Waals surface area contributed by atoms with Crippen LogP contribution in [-0.4, -0.2) is 41.4 Å². The van der Waals surface area contributed by atoms with Crippen LogP contribution in [0.5, 0.6) is 0 Å². The number of amides is 1. The van der Waals surface area contributed by atoms with Crippen LogP contribution in [-0.2, 0) is 6.54 Å². The predicted molar refractivity (Wildman–Crippen MR) is 125 cm³/mol. The highest BCUT2D eigenvalue weighted by Crippen LogP contribution is 2.35. The van der Waals surface area contributed by atoms with Crippen LogP contribution in [0.15, 0.2) is 65.4 Å². The first kappa shape index (κ1) is 22.6. The van der Waals surface area contributed by atoms with Crippen molar-refractivity contribution in [2.75, 3.05) is 19.6 Å².